The third kappa shape index (κ3) is 3.51. The summed E-state index contributed by atoms with van der Waals surface area (Å²) in [6, 6.07) is 6.77. The van der Waals surface area contributed by atoms with Crippen LogP contribution in [0.5, 0.6) is 0 Å². The van der Waals surface area contributed by atoms with Crippen LogP contribution in [0.4, 0.5) is 5.69 Å². The highest BCUT2D eigenvalue weighted by molar-refractivity contribution is 5.93. The Labute approximate surface area is 166 Å². The minimum absolute atomic E-state index is 0.0123. The van der Waals surface area contributed by atoms with E-state index in [1.54, 1.807) is 0 Å². The van der Waals surface area contributed by atoms with Crippen molar-refractivity contribution in [3.8, 4) is 0 Å². The minimum atomic E-state index is 0.0123. The number of nitrogens with one attached hydrogen (secondary N) is 1. The van der Waals surface area contributed by atoms with E-state index >= 15 is 0 Å². The maximum absolute atomic E-state index is 13.1. The molecule has 150 valence electrons. The molecule has 7 nitrogen and oxygen atoms in total. The molecule has 0 atom stereocenters. The first-order valence-electron chi connectivity index (χ1n) is 10.3. The van der Waals surface area contributed by atoms with Crippen LogP contribution in [0.15, 0.2) is 18.2 Å². The number of carbonyl (C=O) groups excluding carboxylic acids is 1. The van der Waals surface area contributed by atoms with Gasteiger partial charge in [-0.15, -0.1) is 5.10 Å². The minimum Gasteiger partial charge on any atom is -0.368 e. The third-order valence-electron chi connectivity index (χ3n) is 6.27. The highest BCUT2D eigenvalue weighted by Crippen LogP contribution is 2.25. The zero-order chi connectivity index (χ0) is 19.7. The number of hydrogen-bond donors (Lipinski definition) is 1. The van der Waals surface area contributed by atoms with Crippen LogP contribution >= 0.6 is 0 Å². The van der Waals surface area contributed by atoms with Crippen LogP contribution in [0.1, 0.15) is 46.2 Å². The number of hydrogen-bond acceptors (Lipinski definition) is 5. The van der Waals surface area contributed by atoms with Gasteiger partial charge in [0.25, 0.3) is 5.91 Å². The third-order valence-corrected chi connectivity index (χ3v) is 6.27. The molecule has 1 aromatic carbocycles. The van der Waals surface area contributed by atoms with Crippen molar-refractivity contribution in [2.45, 2.75) is 39.7 Å². The van der Waals surface area contributed by atoms with E-state index in [-0.39, 0.29) is 5.91 Å². The first-order valence-corrected chi connectivity index (χ1v) is 10.3. The van der Waals surface area contributed by atoms with Crippen molar-refractivity contribution in [1.82, 2.24) is 25.2 Å². The van der Waals surface area contributed by atoms with Crippen molar-refractivity contribution in [2.24, 2.45) is 0 Å². The lowest BCUT2D eigenvalue weighted by Crippen LogP contribution is -2.49. The molecule has 28 heavy (non-hydrogen) atoms. The maximum atomic E-state index is 13.1. The predicted molar refractivity (Wildman–Crippen MR) is 110 cm³/mol. The van der Waals surface area contributed by atoms with Gasteiger partial charge in [0.1, 0.15) is 0 Å². The van der Waals surface area contributed by atoms with Gasteiger partial charge >= 0.3 is 0 Å². The van der Waals surface area contributed by atoms with Crippen LogP contribution in [0.2, 0.25) is 0 Å². The summed E-state index contributed by atoms with van der Waals surface area (Å²) in [5.74, 6) is 0.0123. The van der Waals surface area contributed by atoms with E-state index < -0.39 is 0 Å². The van der Waals surface area contributed by atoms with Gasteiger partial charge in [-0.25, -0.2) is 4.68 Å². The second kappa shape index (κ2) is 7.91. The molecule has 1 aromatic heterocycles. The molecule has 1 amide bonds. The maximum Gasteiger partial charge on any atom is 0.276 e. The number of aromatic nitrogens is 3. The summed E-state index contributed by atoms with van der Waals surface area (Å²) in [6.07, 6.45) is 2.07. The monoisotopic (exact) mass is 382 g/mol. The first-order chi connectivity index (χ1) is 13.6. The molecule has 2 fully saturated rings. The van der Waals surface area contributed by atoms with Gasteiger partial charge < -0.3 is 15.1 Å². The van der Waals surface area contributed by atoms with Crippen molar-refractivity contribution < 1.29 is 4.79 Å². The fraction of sp³-hybridized carbons (Fsp3) is 0.571. The normalized spacial score (nSPS) is 18.5. The second-order valence-electron chi connectivity index (χ2n) is 7.95. The predicted octanol–water partition coefficient (Wildman–Crippen LogP) is 2.09. The molecular weight excluding hydrogens is 352 g/mol. The molecule has 0 bridgehead atoms. The van der Waals surface area contributed by atoms with Crippen molar-refractivity contribution in [3.05, 3.63) is 40.7 Å². The van der Waals surface area contributed by atoms with E-state index in [0.717, 1.165) is 44.7 Å². The molecule has 7 heteroatoms. The van der Waals surface area contributed by atoms with E-state index in [0.29, 0.717) is 24.8 Å². The van der Waals surface area contributed by atoms with Gasteiger partial charge in [-0.05, 0) is 63.9 Å². The largest absolute Gasteiger partial charge is 0.368 e. The number of aryl methyl sites for hydroxylation is 1. The summed E-state index contributed by atoms with van der Waals surface area (Å²) in [6.45, 7) is 11.4. The van der Waals surface area contributed by atoms with Gasteiger partial charge in [-0.1, -0.05) is 17.3 Å². The Hall–Kier alpha value is -2.41. The van der Waals surface area contributed by atoms with Crippen LogP contribution in [-0.2, 0) is 0 Å². The lowest BCUT2D eigenvalue weighted by Gasteiger charge is -2.36. The Kier molecular flexibility index (Phi) is 5.35. The molecule has 2 aromatic rings. The van der Waals surface area contributed by atoms with E-state index in [1.807, 2.05) is 16.5 Å². The number of nitrogens with zero attached hydrogens (tertiary/aromatic N) is 5. The fourth-order valence-corrected chi connectivity index (χ4v) is 4.31. The average Bonchev–Trinajstić information content (AvgIpc) is 3.11. The van der Waals surface area contributed by atoms with E-state index in [9.17, 15) is 4.79 Å². The SMILES string of the molecule is Cc1cccc(N2CCN(C(=O)c3nnn(C4CCNCC4)c3C)CC2)c1C. The van der Waals surface area contributed by atoms with Gasteiger partial charge in [-0.3, -0.25) is 4.79 Å². The molecular formula is C21H30N6O. The van der Waals surface area contributed by atoms with Gasteiger partial charge in [0.05, 0.1) is 11.7 Å². The summed E-state index contributed by atoms with van der Waals surface area (Å²) in [4.78, 5) is 17.4. The molecule has 0 spiro atoms. The van der Waals surface area contributed by atoms with Crippen LogP contribution in [-0.4, -0.2) is 65.1 Å². The number of rotatable bonds is 3. The van der Waals surface area contributed by atoms with Crippen molar-refractivity contribution >= 4 is 11.6 Å². The summed E-state index contributed by atoms with van der Waals surface area (Å²) in [5.41, 5.74) is 5.32. The smallest absolute Gasteiger partial charge is 0.276 e. The molecule has 2 aliphatic heterocycles. The van der Waals surface area contributed by atoms with Crippen molar-refractivity contribution in [2.75, 3.05) is 44.2 Å². The first kappa shape index (κ1) is 18.9. The van der Waals surface area contributed by atoms with E-state index in [2.05, 4.69) is 52.6 Å². The zero-order valence-electron chi connectivity index (χ0n) is 17.1. The van der Waals surface area contributed by atoms with Gasteiger partial charge in [0, 0.05) is 31.9 Å². The highest BCUT2D eigenvalue weighted by Gasteiger charge is 2.28. The second-order valence-corrected chi connectivity index (χ2v) is 7.95. The lowest BCUT2D eigenvalue weighted by molar-refractivity contribution is 0.0740. The van der Waals surface area contributed by atoms with Gasteiger partial charge in [0.2, 0.25) is 0 Å². The summed E-state index contributed by atoms with van der Waals surface area (Å²) in [7, 11) is 0. The lowest BCUT2D eigenvalue weighted by atomic mass is 10.1. The highest BCUT2D eigenvalue weighted by atomic mass is 16.2. The molecule has 3 heterocycles. The number of amides is 1. The number of piperazine rings is 1. The van der Waals surface area contributed by atoms with Crippen LogP contribution in [0.25, 0.3) is 0 Å². The standard InChI is InChI=1S/C21H30N6O/c1-15-5-4-6-19(16(15)2)25-11-13-26(14-12-25)21(28)20-17(3)27(24-23-20)18-7-9-22-10-8-18/h4-6,18,22H,7-14H2,1-3H3. The van der Waals surface area contributed by atoms with Crippen LogP contribution in [0, 0.1) is 20.8 Å². The Bertz CT molecular complexity index is 847. The number of piperidine rings is 1. The molecule has 0 aliphatic carbocycles. The Morgan fingerprint density at radius 2 is 1.79 bits per heavy atom. The molecule has 1 N–H and O–H groups in total. The quantitative estimate of drug-likeness (QED) is 0.881. The van der Waals surface area contributed by atoms with Crippen molar-refractivity contribution in [1.29, 1.82) is 0 Å². The summed E-state index contributed by atoms with van der Waals surface area (Å²) >= 11 is 0. The van der Waals surface area contributed by atoms with Crippen LogP contribution < -0.4 is 10.2 Å². The van der Waals surface area contributed by atoms with Crippen molar-refractivity contribution in [3.63, 3.8) is 0 Å². The Balaban J connectivity index is 1.43. The fourth-order valence-electron chi connectivity index (χ4n) is 4.31. The van der Waals surface area contributed by atoms with E-state index in [1.165, 1.54) is 16.8 Å². The number of anilines is 1. The van der Waals surface area contributed by atoms with Gasteiger partial charge in [-0.2, -0.15) is 0 Å². The number of carbonyl (C=O) groups is 1. The molecule has 0 unspecified atom stereocenters. The molecule has 0 radical (unpaired) electrons. The molecule has 2 aliphatic rings. The average molecular weight is 383 g/mol. The zero-order valence-corrected chi connectivity index (χ0v) is 17.1. The summed E-state index contributed by atoms with van der Waals surface area (Å²) < 4.78 is 1.96. The molecule has 2 saturated heterocycles. The molecule has 0 saturated carbocycles. The number of benzene rings is 1. The molecule has 4 rings (SSSR count). The van der Waals surface area contributed by atoms with E-state index in [4.69, 9.17) is 0 Å². The Morgan fingerprint density at radius 1 is 1.07 bits per heavy atom. The summed E-state index contributed by atoms with van der Waals surface area (Å²) in [5, 5.41) is 11.9. The van der Waals surface area contributed by atoms with Gasteiger partial charge in [0.15, 0.2) is 5.69 Å². The topological polar surface area (TPSA) is 66.3 Å². The van der Waals surface area contributed by atoms with Crippen LogP contribution in [0.3, 0.4) is 0 Å². The Morgan fingerprint density at radius 3 is 2.50 bits per heavy atom.